The molecule has 96 valence electrons. The number of hydrogen-bond acceptors (Lipinski definition) is 4. The van der Waals surface area contributed by atoms with Crippen molar-refractivity contribution in [3.8, 4) is 11.3 Å². The molecule has 0 fully saturated rings. The standard InChI is InChI=1S/C16H9NO3/c18-12-8-14(10-4-2-1-3-5-10)20-13-7-6-11-16(15(12)13)19-9-17-11/h1-9H. The van der Waals surface area contributed by atoms with Gasteiger partial charge in [-0.1, -0.05) is 30.3 Å². The molecular formula is C16H9NO3. The van der Waals surface area contributed by atoms with Gasteiger partial charge in [0.2, 0.25) is 0 Å². The molecule has 2 aromatic carbocycles. The van der Waals surface area contributed by atoms with Crippen LogP contribution in [0.15, 0.2) is 68.6 Å². The lowest BCUT2D eigenvalue weighted by Gasteiger charge is -2.02. The lowest BCUT2D eigenvalue weighted by atomic mass is 10.1. The summed E-state index contributed by atoms with van der Waals surface area (Å²) in [5, 5.41) is 0.430. The third-order valence-corrected chi connectivity index (χ3v) is 3.25. The molecule has 4 nitrogen and oxygen atoms in total. The SMILES string of the molecule is O=c1cc(-c2ccccc2)oc2ccc3ncoc3c12. The Kier molecular flexibility index (Phi) is 2.23. The Hall–Kier alpha value is -2.88. The van der Waals surface area contributed by atoms with Gasteiger partial charge in [-0.05, 0) is 12.1 Å². The van der Waals surface area contributed by atoms with E-state index in [1.807, 2.05) is 30.3 Å². The third kappa shape index (κ3) is 1.55. The Labute approximate surface area is 113 Å². The zero-order chi connectivity index (χ0) is 13.5. The minimum atomic E-state index is -0.132. The molecule has 0 aliphatic heterocycles. The van der Waals surface area contributed by atoms with Crippen LogP contribution in [0.3, 0.4) is 0 Å². The highest BCUT2D eigenvalue weighted by molar-refractivity contribution is 6.00. The van der Waals surface area contributed by atoms with Crippen molar-refractivity contribution in [3.05, 3.63) is 65.1 Å². The molecule has 0 unspecified atom stereocenters. The van der Waals surface area contributed by atoms with Crippen molar-refractivity contribution in [2.24, 2.45) is 0 Å². The molecule has 0 spiro atoms. The Bertz CT molecular complexity index is 967. The maximum absolute atomic E-state index is 12.3. The van der Waals surface area contributed by atoms with Crippen molar-refractivity contribution >= 4 is 22.1 Å². The van der Waals surface area contributed by atoms with Crippen molar-refractivity contribution in [3.63, 3.8) is 0 Å². The highest BCUT2D eigenvalue weighted by Crippen LogP contribution is 2.26. The maximum atomic E-state index is 12.3. The molecule has 4 aromatic rings. The number of oxazole rings is 1. The van der Waals surface area contributed by atoms with E-state index in [1.165, 1.54) is 12.5 Å². The van der Waals surface area contributed by atoms with E-state index < -0.39 is 0 Å². The van der Waals surface area contributed by atoms with Crippen LogP contribution in [-0.4, -0.2) is 4.98 Å². The van der Waals surface area contributed by atoms with Gasteiger partial charge in [-0.3, -0.25) is 4.79 Å². The summed E-state index contributed by atoms with van der Waals surface area (Å²) in [5.41, 5.74) is 2.35. The van der Waals surface area contributed by atoms with Gasteiger partial charge in [0, 0.05) is 11.6 Å². The fourth-order valence-electron chi connectivity index (χ4n) is 2.31. The van der Waals surface area contributed by atoms with E-state index in [4.69, 9.17) is 8.83 Å². The Morgan fingerprint density at radius 1 is 1.00 bits per heavy atom. The van der Waals surface area contributed by atoms with Crippen LogP contribution in [0, 0.1) is 0 Å². The number of aromatic nitrogens is 1. The summed E-state index contributed by atoms with van der Waals surface area (Å²) < 4.78 is 11.1. The fraction of sp³-hybridized carbons (Fsp3) is 0. The lowest BCUT2D eigenvalue weighted by molar-refractivity contribution is 0.599. The molecule has 0 aliphatic carbocycles. The molecule has 0 atom stereocenters. The molecule has 0 saturated heterocycles. The predicted octanol–water partition coefficient (Wildman–Crippen LogP) is 3.60. The molecule has 0 saturated carbocycles. The van der Waals surface area contributed by atoms with Gasteiger partial charge in [0.25, 0.3) is 0 Å². The van der Waals surface area contributed by atoms with Crippen LogP contribution in [0.25, 0.3) is 33.4 Å². The molecule has 4 rings (SSSR count). The van der Waals surface area contributed by atoms with Gasteiger partial charge < -0.3 is 8.83 Å². The fourth-order valence-corrected chi connectivity index (χ4v) is 2.31. The summed E-state index contributed by atoms with van der Waals surface area (Å²) in [6.07, 6.45) is 1.33. The van der Waals surface area contributed by atoms with Gasteiger partial charge in [-0.2, -0.15) is 0 Å². The average Bonchev–Trinajstić information content (AvgIpc) is 2.96. The van der Waals surface area contributed by atoms with E-state index in [1.54, 1.807) is 12.1 Å². The van der Waals surface area contributed by atoms with Crippen molar-refractivity contribution in [2.75, 3.05) is 0 Å². The number of nitrogens with zero attached hydrogens (tertiary/aromatic N) is 1. The minimum Gasteiger partial charge on any atom is -0.456 e. The molecule has 0 amide bonds. The van der Waals surface area contributed by atoms with E-state index in [0.29, 0.717) is 27.8 Å². The van der Waals surface area contributed by atoms with E-state index in [-0.39, 0.29) is 5.43 Å². The first kappa shape index (κ1) is 11.0. The summed E-state index contributed by atoms with van der Waals surface area (Å²) in [5.74, 6) is 0.543. The molecule has 0 N–H and O–H groups in total. The quantitative estimate of drug-likeness (QED) is 0.526. The summed E-state index contributed by atoms with van der Waals surface area (Å²) in [6.45, 7) is 0. The van der Waals surface area contributed by atoms with Crippen molar-refractivity contribution in [1.29, 1.82) is 0 Å². The van der Waals surface area contributed by atoms with Gasteiger partial charge in [0.05, 0.1) is 0 Å². The van der Waals surface area contributed by atoms with E-state index in [9.17, 15) is 4.79 Å². The van der Waals surface area contributed by atoms with Crippen LogP contribution in [0.2, 0.25) is 0 Å². The molecule has 20 heavy (non-hydrogen) atoms. The first-order valence-electron chi connectivity index (χ1n) is 6.18. The van der Waals surface area contributed by atoms with Crippen LogP contribution >= 0.6 is 0 Å². The van der Waals surface area contributed by atoms with Gasteiger partial charge >= 0.3 is 0 Å². The number of hydrogen-bond donors (Lipinski definition) is 0. The minimum absolute atomic E-state index is 0.132. The van der Waals surface area contributed by atoms with Crippen LogP contribution in [-0.2, 0) is 0 Å². The topological polar surface area (TPSA) is 56.2 Å². The zero-order valence-corrected chi connectivity index (χ0v) is 10.4. The zero-order valence-electron chi connectivity index (χ0n) is 10.4. The van der Waals surface area contributed by atoms with E-state index >= 15 is 0 Å². The van der Waals surface area contributed by atoms with Gasteiger partial charge in [0.15, 0.2) is 17.4 Å². The van der Waals surface area contributed by atoms with E-state index in [2.05, 4.69) is 4.98 Å². The summed E-state index contributed by atoms with van der Waals surface area (Å²) >= 11 is 0. The third-order valence-electron chi connectivity index (χ3n) is 3.25. The largest absolute Gasteiger partial charge is 0.456 e. The molecule has 0 aliphatic rings. The van der Waals surface area contributed by atoms with Crippen molar-refractivity contribution in [2.45, 2.75) is 0 Å². The summed E-state index contributed by atoms with van der Waals surface area (Å²) in [6, 6.07) is 14.5. The molecular weight excluding hydrogens is 254 g/mol. The number of fused-ring (bicyclic) bond motifs is 3. The highest BCUT2D eigenvalue weighted by Gasteiger charge is 2.12. The Balaban J connectivity index is 2.09. The normalized spacial score (nSPS) is 11.2. The summed E-state index contributed by atoms with van der Waals surface area (Å²) in [7, 11) is 0. The monoisotopic (exact) mass is 263 g/mol. The second-order valence-corrected chi connectivity index (χ2v) is 4.48. The van der Waals surface area contributed by atoms with E-state index in [0.717, 1.165) is 5.56 Å². The molecule has 2 aromatic heterocycles. The second-order valence-electron chi connectivity index (χ2n) is 4.48. The molecule has 2 heterocycles. The first-order chi connectivity index (χ1) is 9.83. The average molecular weight is 263 g/mol. The molecule has 0 radical (unpaired) electrons. The maximum Gasteiger partial charge on any atom is 0.197 e. The van der Waals surface area contributed by atoms with Gasteiger partial charge in [-0.15, -0.1) is 0 Å². The van der Waals surface area contributed by atoms with Crippen LogP contribution in [0.1, 0.15) is 0 Å². The Morgan fingerprint density at radius 2 is 1.85 bits per heavy atom. The van der Waals surface area contributed by atoms with Gasteiger partial charge in [0.1, 0.15) is 22.2 Å². The smallest absolute Gasteiger partial charge is 0.197 e. The number of rotatable bonds is 1. The van der Waals surface area contributed by atoms with Crippen LogP contribution in [0.4, 0.5) is 0 Å². The van der Waals surface area contributed by atoms with Crippen molar-refractivity contribution < 1.29 is 8.83 Å². The molecule has 4 heteroatoms. The number of benzene rings is 2. The molecule has 0 bridgehead atoms. The lowest BCUT2D eigenvalue weighted by Crippen LogP contribution is -2.00. The Morgan fingerprint density at radius 3 is 2.70 bits per heavy atom. The summed E-state index contributed by atoms with van der Waals surface area (Å²) in [4.78, 5) is 16.4. The van der Waals surface area contributed by atoms with Crippen LogP contribution < -0.4 is 5.43 Å². The van der Waals surface area contributed by atoms with Crippen LogP contribution in [0.5, 0.6) is 0 Å². The highest BCUT2D eigenvalue weighted by atomic mass is 16.3. The predicted molar refractivity (Wildman–Crippen MR) is 75.5 cm³/mol. The first-order valence-corrected chi connectivity index (χ1v) is 6.18. The van der Waals surface area contributed by atoms with Gasteiger partial charge in [-0.25, -0.2) is 4.98 Å². The second kappa shape index (κ2) is 4.06. The van der Waals surface area contributed by atoms with Crippen molar-refractivity contribution in [1.82, 2.24) is 4.98 Å².